The molecule has 2 heterocycles. The molecule has 0 unspecified atom stereocenters. The summed E-state index contributed by atoms with van der Waals surface area (Å²) in [6.07, 6.45) is 2.90. The maximum absolute atomic E-state index is 13.0. The quantitative estimate of drug-likeness (QED) is 0.728. The largest absolute Gasteiger partial charge is 0.340 e. The highest BCUT2D eigenvalue weighted by atomic mass is 32.2. The molecule has 0 radical (unpaired) electrons. The van der Waals surface area contributed by atoms with E-state index in [2.05, 4.69) is 10.3 Å². The van der Waals surface area contributed by atoms with Crippen LogP contribution < -0.4 is 5.32 Å². The maximum Gasteiger partial charge on any atom is 0.243 e. The number of anilines is 2. The first-order chi connectivity index (χ1) is 13.0. The van der Waals surface area contributed by atoms with E-state index in [1.54, 1.807) is 40.7 Å². The van der Waals surface area contributed by atoms with Gasteiger partial charge in [0.2, 0.25) is 10.0 Å². The van der Waals surface area contributed by atoms with E-state index in [1.165, 1.54) is 12.1 Å². The molecule has 1 fully saturated rings. The van der Waals surface area contributed by atoms with Gasteiger partial charge in [-0.1, -0.05) is 6.42 Å². The van der Waals surface area contributed by atoms with Crippen LogP contribution in [0, 0.1) is 5.82 Å². The fraction of sp³-hybridized carbons (Fsp3) is 0.250. The third-order valence-electron chi connectivity index (χ3n) is 4.73. The Morgan fingerprint density at radius 3 is 2.41 bits per heavy atom. The number of benzene rings is 2. The molecule has 1 aliphatic heterocycles. The van der Waals surface area contributed by atoms with Crippen molar-refractivity contribution in [3.05, 3.63) is 60.4 Å². The van der Waals surface area contributed by atoms with E-state index >= 15 is 0 Å². The Morgan fingerprint density at radius 2 is 1.67 bits per heavy atom. The lowest BCUT2D eigenvalue weighted by Gasteiger charge is -2.25. The van der Waals surface area contributed by atoms with Gasteiger partial charge < -0.3 is 5.32 Å². The number of nitrogens with zero attached hydrogens (tertiary/aromatic N) is 2. The van der Waals surface area contributed by atoms with E-state index in [9.17, 15) is 12.8 Å². The molecular formula is C20H20FN3O2S. The summed E-state index contributed by atoms with van der Waals surface area (Å²) in [6, 6.07) is 14.6. The third kappa shape index (κ3) is 3.79. The molecule has 140 valence electrons. The Hall–Kier alpha value is -2.51. The molecule has 27 heavy (non-hydrogen) atoms. The lowest BCUT2D eigenvalue weighted by molar-refractivity contribution is 0.346. The molecule has 1 aliphatic rings. The molecule has 0 atom stereocenters. The molecule has 0 spiro atoms. The molecule has 0 aliphatic carbocycles. The van der Waals surface area contributed by atoms with Crippen molar-refractivity contribution in [1.82, 2.24) is 9.29 Å². The lowest BCUT2D eigenvalue weighted by atomic mass is 10.2. The van der Waals surface area contributed by atoms with Gasteiger partial charge >= 0.3 is 0 Å². The fourth-order valence-electron chi connectivity index (χ4n) is 3.27. The predicted molar refractivity (Wildman–Crippen MR) is 104 cm³/mol. The first-order valence-corrected chi connectivity index (χ1v) is 10.4. The standard InChI is InChI=1S/C20H20FN3O2S/c21-16-5-7-17(8-6-16)22-20-11-4-15-14-18(9-10-19(15)23-20)27(25,26)24-12-2-1-3-13-24/h4-11,14H,1-3,12-13H2,(H,22,23). The number of sulfonamides is 1. The highest BCUT2D eigenvalue weighted by molar-refractivity contribution is 7.89. The van der Waals surface area contributed by atoms with Crippen molar-refractivity contribution in [2.24, 2.45) is 0 Å². The van der Waals surface area contributed by atoms with Crippen LogP contribution in [0.25, 0.3) is 10.9 Å². The van der Waals surface area contributed by atoms with Crippen molar-refractivity contribution in [1.29, 1.82) is 0 Å². The van der Waals surface area contributed by atoms with Gasteiger partial charge in [0.25, 0.3) is 0 Å². The van der Waals surface area contributed by atoms with Gasteiger partial charge in [-0.3, -0.25) is 0 Å². The van der Waals surface area contributed by atoms with Crippen LogP contribution in [-0.2, 0) is 10.0 Å². The minimum absolute atomic E-state index is 0.297. The molecule has 4 rings (SSSR count). The van der Waals surface area contributed by atoms with Gasteiger partial charge in [-0.05, 0) is 67.4 Å². The van der Waals surface area contributed by atoms with Crippen LogP contribution in [0.1, 0.15) is 19.3 Å². The van der Waals surface area contributed by atoms with Crippen LogP contribution in [0.2, 0.25) is 0 Å². The molecule has 7 heteroatoms. The van der Waals surface area contributed by atoms with E-state index in [-0.39, 0.29) is 5.82 Å². The number of hydrogen-bond donors (Lipinski definition) is 1. The molecule has 1 saturated heterocycles. The summed E-state index contributed by atoms with van der Waals surface area (Å²) in [4.78, 5) is 4.82. The van der Waals surface area contributed by atoms with Crippen LogP contribution >= 0.6 is 0 Å². The monoisotopic (exact) mass is 385 g/mol. The zero-order valence-electron chi connectivity index (χ0n) is 14.7. The second-order valence-corrected chi connectivity index (χ2v) is 8.59. The number of aromatic nitrogens is 1. The smallest absolute Gasteiger partial charge is 0.243 e. The average molecular weight is 385 g/mol. The van der Waals surface area contributed by atoms with E-state index in [1.807, 2.05) is 6.07 Å². The SMILES string of the molecule is O=S(=O)(c1ccc2nc(Nc3ccc(F)cc3)ccc2c1)N1CCCCC1. The minimum atomic E-state index is -3.46. The van der Waals surface area contributed by atoms with E-state index in [0.717, 1.165) is 30.3 Å². The predicted octanol–water partition coefficient (Wildman–Crippen LogP) is 4.29. The number of rotatable bonds is 4. The summed E-state index contributed by atoms with van der Waals surface area (Å²) in [5, 5.41) is 3.88. The van der Waals surface area contributed by atoms with E-state index in [0.29, 0.717) is 29.3 Å². The topological polar surface area (TPSA) is 62.3 Å². The van der Waals surface area contributed by atoms with E-state index < -0.39 is 10.0 Å². The second-order valence-electron chi connectivity index (χ2n) is 6.65. The maximum atomic E-state index is 13.0. The number of halogens is 1. The van der Waals surface area contributed by atoms with Crippen molar-refractivity contribution in [3.63, 3.8) is 0 Å². The molecule has 3 aromatic rings. The summed E-state index contributed by atoms with van der Waals surface area (Å²) >= 11 is 0. The highest BCUT2D eigenvalue weighted by Gasteiger charge is 2.26. The van der Waals surface area contributed by atoms with Crippen LogP contribution in [0.4, 0.5) is 15.9 Å². The Balaban J connectivity index is 1.61. The number of pyridine rings is 1. The number of hydrogen-bond acceptors (Lipinski definition) is 4. The van der Waals surface area contributed by atoms with Crippen molar-refractivity contribution in [2.45, 2.75) is 24.2 Å². The van der Waals surface area contributed by atoms with Gasteiger partial charge in [-0.2, -0.15) is 4.31 Å². The minimum Gasteiger partial charge on any atom is -0.340 e. The molecule has 5 nitrogen and oxygen atoms in total. The lowest BCUT2D eigenvalue weighted by Crippen LogP contribution is -2.35. The summed E-state index contributed by atoms with van der Waals surface area (Å²) in [5.41, 5.74) is 1.42. The molecule has 2 aromatic carbocycles. The Morgan fingerprint density at radius 1 is 0.926 bits per heavy atom. The van der Waals surface area contributed by atoms with Crippen LogP contribution in [-0.4, -0.2) is 30.8 Å². The Kier molecular flexibility index (Phi) is 4.80. The van der Waals surface area contributed by atoms with Gasteiger partial charge in [-0.25, -0.2) is 17.8 Å². The van der Waals surface area contributed by atoms with Crippen LogP contribution in [0.5, 0.6) is 0 Å². The molecule has 0 saturated carbocycles. The number of piperidine rings is 1. The van der Waals surface area contributed by atoms with Gasteiger partial charge in [0.15, 0.2) is 0 Å². The average Bonchev–Trinajstić information content (AvgIpc) is 2.70. The highest BCUT2D eigenvalue weighted by Crippen LogP contribution is 2.25. The van der Waals surface area contributed by atoms with Crippen LogP contribution in [0.3, 0.4) is 0 Å². The summed E-state index contributed by atoms with van der Waals surface area (Å²) < 4.78 is 40.2. The zero-order valence-corrected chi connectivity index (χ0v) is 15.5. The van der Waals surface area contributed by atoms with Gasteiger partial charge in [0, 0.05) is 24.2 Å². The molecule has 1 N–H and O–H groups in total. The normalized spacial score (nSPS) is 15.7. The molecule has 0 amide bonds. The summed E-state index contributed by atoms with van der Waals surface area (Å²) in [7, 11) is -3.46. The van der Waals surface area contributed by atoms with Crippen molar-refractivity contribution in [3.8, 4) is 0 Å². The first-order valence-electron chi connectivity index (χ1n) is 8.96. The second kappa shape index (κ2) is 7.25. The third-order valence-corrected chi connectivity index (χ3v) is 6.62. The fourth-order valence-corrected chi connectivity index (χ4v) is 4.82. The van der Waals surface area contributed by atoms with Crippen molar-refractivity contribution < 1.29 is 12.8 Å². The molecule has 0 bridgehead atoms. The van der Waals surface area contributed by atoms with Crippen molar-refractivity contribution in [2.75, 3.05) is 18.4 Å². The Bertz CT molecular complexity index is 1060. The van der Waals surface area contributed by atoms with Crippen LogP contribution in [0.15, 0.2) is 59.5 Å². The Labute approximate surface area is 157 Å². The van der Waals surface area contributed by atoms with Gasteiger partial charge in [0.05, 0.1) is 10.4 Å². The van der Waals surface area contributed by atoms with E-state index in [4.69, 9.17) is 0 Å². The summed E-state index contributed by atoms with van der Waals surface area (Å²) in [5.74, 6) is 0.315. The number of nitrogens with one attached hydrogen (secondary N) is 1. The first kappa shape index (κ1) is 17.9. The van der Waals surface area contributed by atoms with Gasteiger partial charge in [-0.15, -0.1) is 0 Å². The zero-order chi connectivity index (χ0) is 18.9. The number of fused-ring (bicyclic) bond motifs is 1. The van der Waals surface area contributed by atoms with Gasteiger partial charge in [0.1, 0.15) is 11.6 Å². The molecular weight excluding hydrogens is 365 g/mol. The van der Waals surface area contributed by atoms with Crippen molar-refractivity contribution >= 4 is 32.4 Å². The summed E-state index contributed by atoms with van der Waals surface area (Å²) in [6.45, 7) is 1.16. The molecule has 1 aromatic heterocycles.